The first kappa shape index (κ1) is 24.0. The van der Waals surface area contributed by atoms with Crippen molar-refractivity contribution in [3.8, 4) is 0 Å². The van der Waals surface area contributed by atoms with E-state index >= 15 is 0 Å². The Morgan fingerprint density at radius 2 is 1.15 bits per heavy atom. The molecule has 0 amide bonds. The monoisotopic (exact) mass is 450 g/mol. The summed E-state index contributed by atoms with van der Waals surface area (Å²) in [4.78, 5) is 39.9. The molecule has 2 fully saturated rings. The minimum atomic E-state index is -4.41. The van der Waals surface area contributed by atoms with Gasteiger partial charge in [-0.1, -0.05) is 13.8 Å². The van der Waals surface area contributed by atoms with Crippen LogP contribution in [0.25, 0.3) is 0 Å². The van der Waals surface area contributed by atoms with Crippen LogP contribution in [0.1, 0.15) is 39.5 Å². The van der Waals surface area contributed by atoms with Crippen LogP contribution in [-0.4, -0.2) is 65.0 Å². The largest absolute Gasteiger partial charge is 0.405 e. The molecule has 0 aromatic carbocycles. The van der Waals surface area contributed by atoms with Gasteiger partial charge < -0.3 is 9.79 Å². The van der Waals surface area contributed by atoms with E-state index in [0.29, 0.717) is 12.8 Å². The molecule has 0 spiro atoms. The summed E-state index contributed by atoms with van der Waals surface area (Å²) in [7, 11) is -10.1. The predicted octanol–water partition coefficient (Wildman–Crippen LogP) is 2.97. The molecule has 0 aromatic heterocycles. The number of hydrogen-bond donors (Lipinski definition) is 4. The third-order valence-corrected chi connectivity index (χ3v) is 9.50. The van der Waals surface area contributed by atoms with E-state index < -0.39 is 40.0 Å². The maximum absolute atomic E-state index is 12.3. The molecular weight excluding hydrogens is 417 g/mol. The van der Waals surface area contributed by atoms with Crippen molar-refractivity contribution in [3.05, 3.63) is 0 Å². The van der Waals surface area contributed by atoms with Crippen LogP contribution >= 0.6 is 23.5 Å². The van der Waals surface area contributed by atoms with E-state index in [2.05, 4.69) is 0 Å². The van der Waals surface area contributed by atoms with E-state index in [1.807, 2.05) is 13.8 Å². The molecule has 2 heterocycles. The van der Waals surface area contributed by atoms with Crippen molar-refractivity contribution in [2.24, 2.45) is 10.8 Å². The Bertz CT molecular complexity index is 505. The van der Waals surface area contributed by atoms with Crippen LogP contribution in [0.2, 0.25) is 0 Å². The topological polar surface area (TPSA) is 135 Å². The predicted molar refractivity (Wildman–Crippen MR) is 104 cm³/mol. The van der Waals surface area contributed by atoms with Crippen molar-refractivity contribution < 1.29 is 42.2 Å². The summed E-state index contributed by atoms with van der Waals surface area (Å²) in [5.74, 6) is 0. The molecule has 0 unspecified atom stereocenters. The second-order valence-corrected chi connectivity index (χ2v) is 14.2. The van der Waals surface area contributed by atoms with E-state index in [0.717, 1.165) is 0 Å². The summed E-state index contributed by atoms with van der Waals surface area (Å²) >= 11 is 0. The van der Waals surface area contributed by atoms with Gasteiger partial charge in [-0.05, 0) is 25.7 Å². The summed E-state index contributed by atoms with van der Waals surface area (Å²) in [5, 5.41) is 0. The van der Waals surface area contributed by atoms with Gasteiger partial charge in [0.25, 0.3) is 0 Å². The normalized spacial score (nSPS) is 42.1. The molecule has 2 saturated heterocycles. The second-order valence-electron chi connectivity index (χ2n) is 8.06. The molecular formula is C15H33O9P3+2. The van der Waals surface area contributed by atoms with Crippen LogP contribution in [-0.2, 0) is 22.7 Å². The Morgan fingerprint density at radius 1 is 0.852 bits per heavy atom. The molecule has 0 radical (unpaired) electrons. The van der Waals surface area contributed by atoms with E-state index in [4.69, 9.17) is 18.1 Å². The smallest absolute Gasteiger partial charge is 0.324 e. The highest BCUT2D eigenvalue weighted by Gasteiger charge is 2.53. The first-order valence-corrected chi connectivity index (χ1v) is 14.8. The van der Waals surface area contributed by atoms with Crippen molar-refractivity contribution in [1.82, 2.24) is 0 Å². The molecule has 2 aliphatic rings. The third-order valence-electron chi connectivity index (χ3n) is 5.75. The fourth-order valence-electron chi connectivity index (χ4n) is 3.43. The van der Waals surface area contributed by atoms with Crippen LogP contribution < -0.4 is 0 Å². The summed E-state index contributed by atoms with van der Waals surface area (Å²) < 4.78 is 34.2. The molecule has 9 nitrogen and oxygen atoms in total. The van der Waals surface area contributed by atoms with Crippen molar-refractivity contribution in [3.63, 3.8) is 0 Å². The van der Waals surface area contributed by atoms with Crippen LogP contribution in [0.4, 0.5) is 0 Å². The minimum absolute atomic E-state index is 0.202. The maximum atomic E-state index is 12.3. The summed E-state index contributed by atoms with van der Waals surface area (Å²) in [6.45, 7) is 7.66. The summed E-state index contributed by atoms with van der Waals surface area (Å²) in [5.41, 5.74) is -2.06. The van der Waals surface area contributed by atoms with E-state index in [9.17, 15) is 24.1 Å². The Kier molecular flexibility index (Phi) is 7.56. The fraction of sp³-hybridized carbons (Fsp3) is 1.00. The summed E-state index contributed by atoms with van der Waals surface area (Å²) in [6.07, 6.45) is 1.63. The zero-order chi connectivity index (χ0) is 20.6. The molecule has 160 valence electrons. The zero-order valence-electron chi connectivity index (χ0n) is 16.4. The minimum Gasteiger partial charge on any atom is -0.324 e. The lowest BCUT2D eigenvalue weighted by atomic mass is 9.76. The molecule has 0 atom stereocenters. The van der Waals surface area contributed by atoms with Crippen molar-refractivity contribution in [2.45, 2.75) is 45.2 Å². The van der Waals surface area contributed by atoms with Crippen LogP contribution in [0.15, 0.2) is 0 Å². The second kappa shape index (κ2) is 8.49. The van der Waals surface area contributed by atoms with Gasteiger partial charge in [-0.3, -0.25) is 4.57 Å². The van der Waals surface area contributed by atoms with Crippen molar-refractivity contribution in [2.75, 3.05) is 39.8 Å². The van der Waals surface area contributed by atoms with Gasteiger partial charge in [0.2, 0.25) is 0 Å². The van der Waals surface area contributed by atoms with Crippen LogP contribution in [0.5, 0.6) is 0 Å². The fourth-order valence-corrected chi connectivity index (χ4v) is 6.88. The standard InChI is InChI=1S/C15H31O9P3/c1-5-14(9-21-25(3,16)22-10-14)7-13(27(18,19)20)8-15(6-2)11-23-26(4,17)24-12-15/h13,16-17H,5-12H2,1-4H3/p+2. The molecule has 4 N–H and O–H groups in total. The Morgan fingerprint density at radius 3 is 1.37 bits per heavy atom. The molecule has 2 aliphatic heterocycles. The van der Waals surface area contributed by atoms with Gasteiger partial charge in [-0.15, -0.1) is 0 Å². The Hall–Kier alpha value is 0.770. The van der Waals surface area contributed by atoms with Gasteiger partial charge in [0, 0.05) is 10.8 Å². The summed E-state index contributed by atoms with van der Waals surface area (Å²) in [6, 6.07) is 0. The lowest BCUT2D eigenvalue weighted by Gasteiger charge is -2.42. The molecule has 0 bridgehead atoms. The average Bonchev–Trinajstić information content (AvgIpc) is 2.57. The van der Waals surface area contributed by atoms with Gasteiger partial charge in [0.05, 0.1) is 5.66 Å². The first-order valence-electron chi connectivity index (χ1n) is 9.08. The van der Waals surface area contributed by atoms with Gasteiger partial charge in [0.1, 0.15) is 39.8 Å². The van der Waals surface area contributed by atoms with Crippen LogP contribution in [0, 0.1) is 10.8 Å². The molecule has 0 saturated carbocycles. The highest BCUT2D eigenvalue weighted by Crippen LogP contribution is 2.63. The van der Waals surface area contributed by atoms with Crippen molar-refractivity contribution in [1.29, 1.82) is 0 Å². The first-order chi connectivity index (χ1) is 12.3. The van der Waals surface area contributed by atoms with E-state index in [-0.39, 0.29) is 39.3 Å². The Balaban J connectivity index is 2.17. The molecule has 0 aliphatic carbocycles. The lowest BCUT2D eigenvalue weighted by Crippen LogP contribution is -2.43. The average molecular weight is 450 g/mol. The van der Waals surface area contributed by atoms with E-state index in [1.165, 1.54) is 13.3 Å². The SMILES string of the molecule is CCC1(CC(CC2(CC)CO[P+](C)(O)OC2)P(=O)(O)O)CO[P+](C)(O)OC1. The molecule has 27 heavy (non-hydrogen) atoms. The van der Waals surface area contributed by atoms with Crippen molar-refractivity contribution >= 4 is 23.5 Å². The van der Waals surface area contributed by atoms with E-state index in [1.54, 1.807) is 0 Å². The Labute approximate surface area is 162 Å². The van der Waals surface area contributed by atoms with Gasteiger partial charge in [-0.25, -0.2) is 0 Å². The maximum Gasteiger partial charge on any atom is 0.405 e. The zero-order valence-corrected chi connectivity index (χ0v) is 19.1. The molecule has 12 heteroatoms. The number of hydrogen-bond acceptors (Lipinski definition) is 7. The van der Waals surface area contributed by atoms with Gasteiger partial charge in [-0.2, -0.15) is 27.9 Å². The quantitative estimate of drug-likeness (QED) is 0.432. The lowest BCUT2D eigenvalue weighted by molar-refractivity contribution is -0.0216. The molecule has 2 rings (SSSR count). The van der Waals surface area contributed by atoms with Gasteiger partial charge >= 0.3 is 23.5 Å². The highest BCUT2D eigenvalue weighted by molar-refractivity contribution is 7.60. The third kappa shape index (κ3) is 6.37. The van der Waals surface area contributed by atoms with Gasteiger partial charge in [0.15, 0.2) is 0 Å². The highest BCUT2D eigenvalue weighted by atomic mass is 31.2. The van der Waals surface area contributed by atoms with Crippen LogP contribution in [0.3, 0.4) is 0 Å². The number of rotatable bonds is 7. The molecule has 0 aromatic rings.